The van der Waals surface area contributed by atoms with E-state index in [0.29, 0.717) is 22.5 Å². The number of nitrogens with one attached hydrogen (secondary N) is 1. The second kappa shape index (κ2) is 14.7. The van der Waals surface area contributed by atoms with Gasteiger partial charge in [-0.15, -0.1) is 18.9 Å². The fourth-order valence-electron chi connectivity index (χ4n) is 6.01. The number of hydrogen-bond donors (Lipinski definition) is 1. The summed E-state index contributed by atoms with van der Waals surface area (Å²) in [6.07, 6.45) is 9.95. The third-order valence-electron chi connectivity index (χ3n) is 8.33. The number of rotatable bonds is 10. The molecule has 2 heterocycles. The number of carbonyl (C=O) groups is 3. The molecule has 1 aromatic carbocycles. The van der Waals surface area contributed by atoms with E-state index in [4.69, 9.17) is 43.8 Å². The van der Waals surface area contributed by atoms with Gasteiger partial charge in [0.1, 0.15) is 24.3 Å². The van der Waals surface area contributed by atoms with Gasteiger partial charge in [0.2, 0.25) is 5.91 Å². The summed E-state index contributed by atoms with van der Waals surface area (Å²) in [4.78, 5) is 50.4. The average molecular weight is 660 g/mol. The Hall–Kier alpha value is -3.55. The van der Waals surface area contributed by atoms with Crippen molar-refractivity contribution in [2.75, 3.05) is 13.7 Å². The monoisotopic (exact) mass is 658 g/mol. The van der Waals surface area contributed by atoms with Crippen molar-refractivity contribution in [3.63, 3.8) is 0 Å². The van der Waals surface area contributed by atoms with Crippen molar-refractivity contribution in [1.29, 1.82) is 0 Å². The summed E-state index contributed by atoms with van der Waals surface area (Å²) in [6.45, 7) is 9.27. The predicted molar refractivity (Wildman–Crippen MR) is 172 cm³/mol. The van der Waals surface area contributed by atoms with Gasteiger partial charge in [0.15, 0.2) is 5.15 Å². The Morgan fingerprint density at radius 2 is 1.96 bits per heavy atom. The van der Waals surface area contributed by atoms with Gasteiger partial charge in [-0.2, -0.15) is 0 Å². The van der Waals surface area contributed by atoms with E-state index in [1.807, 2.05) is 26.8 Å². The highest BCUT2D eigenvalue weighted by atomic mass is 35.5. The van der Waals surface area contributed by atoms with E-state index in [-0.39, 0.29) is 41.9 Å². The summed E-state index contributed by atoms with van der Waals surface area (Å²) in [5.74, 6) is 1.91. The van der Waals surface area contributed by atoms with E-state index in [2.05, 4.69) is 27.8 Å². The molecule has 2 fully saturated rings. The first-order valence-electron chi connectivity index (χ1n) is 15.1. The highest BCUT2D eigenvalue weighted by molar-refractivity contribution is 6.32. The van der Waals surface area contributed by atoms with Gasteiger partial charge in [0.25, 0.3) is 5.88 Å². The quantitative estimate of drug-likeness (QED) is 0.143. The number of carbonyl (C=O) groups excluding carboxylic acids is 3. The van der Waals surface area contributed by atoms with Crippen molar-refractivity contribution in [2.24, 2.45) is 17.3 Å². The number of fused-ring (bicyclic) bond motifs is 1. The van der Waals surface area contributed by atoms with Crippen LogP contribution in [0.5, 0.6) is 5.88 Å². The summed E-state index contributed by atoms with van der Waals surface area (Å²) < 4.78 is 17.0. The van der Waals surface area contributed by atoms with Gasteiger partial charge < -0.3 is 24.4 Å². The Morgan fingerprint density at radius 1 is 1.20 bits per heavy atom. The van der Waals surface area contributed by atoms with Gasteiger partial charge in [0.05, 0.1) is 24.7 Å². The smallest absolute Gasteiger partial charge is 0.408 e. The van der Waals surface area contributed by atoms with Crippen molar-refractivity contribution >= 4 is 52.2 Å². The Kier molecular flexibility index (Phi) is 11.2. The molecular formula is C33H40Cl2N4O6. The predicted octanol–water partition coefficient (Wildman–Crippen LogP) is 5.98. The van der Waals surface area contributed by atoms with Crippen LogP contribution >= 0.6 is 23.2 Å². The van der Waals surface area contributed by atoms with Crippen LogP contribution < -0.4 is 10.1 Å². The topological polar surface area (TPSA) is 120 Å². The molecule has 10 nitrogen and oxygen atoms in total. The first kappa shape index (κ1) is 34.3. The number of terminal acetylenes is 1. The van der Waals surface area contributed by atoms with Crippen molar-refractivity contribution in [3.05, 3.63) is 41.0 Å². The summed E-state index contributed by atoms with van der Waals surface area (Å²) in [7, 11) is 1.25. The van der Waals surface area contributed by atoms with Gasteiger partial charge in [-0.1, -0.05) is 50.0 Å². The lowest BCUT2D eigenvalue weighted by molar-refractivity contribution is -0.152. The van der Waals surface area contributed by atoms with Gasteiger partial charge in [-0.05, 0) is 61.6 Å². The summed E-state index contributed by atoms with van der Waals surface area (Å²) in [6, 6.07) is 3.02. The number of methoxy groups -OCH3 is 1. The maximum atomic E-state index is 14.1. The molecule has 2 aliphatic rings. The molecular weight excluding hydrogens is 619 g/mol. The number of likely N-dealkylation sites (tertiary alicyclic amines) is 1. The third-order valence-corrected chi connectivity index (χ3v) is 8.82. The van der Waals surface area contributed by atoms with Crippen LogP contribution in [0.4, 0.5) is 4.79 Å². The number of unbranched alkanes of at least 4 members (excludes halogenated alkanes) is 1. The SMILES string of the molecule is C#C[C@@H]1C[C@@H](CCCC=C)[C@H](OC(=O)N[C@H](C(=O)N2C[C@H](Oc3nc4cc(Cl)ccc4nc3Cl)C[C@H]2C(=O)OC)C(C)(C)C)C1. The minimum absolute atomic E-state index is 0.0192. The second-order valence-electron chi connectivity index (χ2n) is 12.7. The number of esters is 1. The van der Waals surface area contributed by atoms with E-state index in [1.165, 1.54) is 12.0 Å². The summed E-state index contributed by atoms with van der Waals surface area (Å²) in [5, 5.41) is 3.29. The summed E-state index contributed by atoms with van der Waals surface area (Å²) in [5.41, 5.74) is 0.281. The zero-order valence-electron chi connectivity index (χ0n) is 26.1. The molecule has 0 spiro atoms. The molecule has 12 heteroatoms. The lowest BCUT2D eigenvalue weighted by Gasteiger charge is -2.35. The highest BCUT2D eigenvalue weighted by Crippen LogP contribution is 2.37. The van der Waals surface area contributed by atoms with Crippen LogP contribution in [-0.2, 0) is 19.1 Å². The van der Waals surface area contributed by atoms with Gasteiger partial charge in [-0.3, -0.25) is 4.79 Å². The number of aromatic nitrogens is 2. The maximum absolute atomic E-state index is 14.1. The third kappa shape index (κ3) is 8.39. The Morgan fingerprint density at radius 3 is 2.62 bits per heavy atom. The molecule has 0 bridgehead atoms. The number of alkyl carbamates (subject to hydrolysis) is 1. The normalized spacial score (nSPS) is 23.7. The van der Waals surface area contributed by atoms with Crippen LogP contribution in [0.3, 0.4) is 0 Å². The number of halogens is 2. The van der Waals surface area contributed by atoms with Crippen LogP contribution in [0, 0.1) is 29.6 Å². The molecule has 1 saturated heterocycles. The summed E-state index contributed by atoms with van der Waals surface area (Å²) >= 11 is 12.5. The van der Waals surface area contributed by atoms with Gasteiger partial charge in [-0.25, -0.2) is 19.6 Å². The number of nitrogens with zero attached hydrogens (tertiary/aromatic N) is 3. The zero-order chi connectivity index (χ0) is 32.9. The van der Waals surface area contributed by atoms with Crippen molar-refractivity contribution in [3.8, 4) is 18.2 Å². The molecule has 4 rings (SSSR count). The highest BCUT2D eigenvalue weighted by Gasteiger charge is 2.47. The molecule has 1 aromatic heterocycles. The number of ether oxygens (including phenoxy) is 3. The van der Waals surface area contributed by atoms with E-state index < -0.39 is 41.6 Å². The van der Waals surface area contributed by atoms with Gasteiger partial charge >= 0.3 is 12.1 Å². The fourth-order valence-corrected chi connectivity index (χ4v) is 6.35. The number of benzene rings is 1. The molecule has 2 amide bonds. The first-order chi connectivity index (χ1) is 21.3. The van der Waals surface area contributed by atoms with E-state index in [0.717, 1.165) is 25.7 Å². The van der Waals surface area contributed by atoms with E-state index in [1.54, 1.807) is 18.2 Å². The average Bonchev–Trinajstić information content (AvgIpc) is 3.59. The van der Waals surface area contributed by atoms with Crippen LogP contribution in [0.1, 0.15) is 59.3 Å². The van der Waals surface area contributed by atoms with Crippen LogP contribution in [0.25, 0.3) is 11.0 Å². The minimum atomic E-state index is -1.02. The van der Waals surface area contributed by atoms with Crippen LogP contribution in [0.2, 0.25) is 10.2 Å². The number of amides is 2. The van der Waals surface area contributed by atoms with Crippen LogP contribution in [0.15, 0.2) is 30.9 Å². The molecule has 45 heavy (non-hydrogen) atoms. The lowest BCUT2D eigenvalue weighted by atomic mass is 9.85. The molecule has 1 aliphatic carbocycles. The van der Waals surface area contributed by atoms with Gasteiger partial charge in [0, 0.05) is 17.4 Å². The first-order valence-corrected chi connectivity index (χ1v) is 15.8. The van der Waals surface area contributed by atoms with Crippen molar-refractivity contribution < 1.29 is 28.6 Å². The standard InChI is InChI=1S/C33H40Cl2N4O6/c1-7-9-10-11-20-14-19(8-2)15-26(20)45-32(42)38-27(33(3,4)5)30(40)39-18-22(17-25(39)31(41)43-6)44-29-28(35)36-23-13-12-21(34)16-24(23)37-29/h2,7,12-13,16,19-20,22,25-27H,1,9-11,14-15,17-18H2,3-6H3,(H,38,42)/t19-,20-,22-,25+,26-,27-/m1/s1. The lowest BCUT2D eigenvalue weighted by Crippen LogP contribution is -2.57. The Bertz CT molecular complexity index is 1470. The molecule has 1 N–H and O–H groups in total. The Labute approximate surface area is 274 Å². The minimum Gasteiger partial charge on any atom is -0.470 e. The number of allylic oxidation sites excluding steroid dienone is 1. The van der Waals surface area contributed by atoms with Crippen molar-refractivity contribution in [2.45, 2.75) is 83.6 Å². The maximum Gasteiger partial charge on any atom is 0.408 e. The van der Waals surface area contributed by atoms with E-state index in [9.17, 15) is 14.4 Å². The largest absolute Gasteiger partial charge is 0.470 e. The van der Waals surface area contributed by atoms with Crippen LogP contribution in [-0.4, -0.2) is 70.8 Å². The fraction of sp³-hybridized carbons (Fsp3) is 0.545. The molecule has 2 aromatic rings. The molecule has 1 saturated carbocycles. The zero-order valence-corrected chi connectivity index (χ0v) is 27.6. The van der Waals surface area contributed by atoms with Crippen molar-refractivity contribution in [1.82, 2.24) is 20.2 Å². The number of hydrogen-bond acceptors (Lipinski definition) is 8. The molecule has 0 unspecified atom stereocenters. The Balaban J connectivity index is 1.50. The molecule has 1 aliphatic heterocycles. The second-order valence-corrected chi connectivity index (χ2v) is 13.5. The van der Waals surface area contributed by atoms with E-state index >= 15 is 0 Å². The molecule has 242 valence electrons. The molecule has 0 radical (unpaired) electrons. The molecule has 6 atom stereocenters.